The van der Waals surface area contributed by atoms with Gasteiger partial charge in [0.05, 0.1) is 15.7 Å². The number of thiol groups is 1. The van der Waals surface area contributed by atoms with Gasteiger partial charge in [-0.05, 0) is 74.8 Å². The molecule has 1 aromatic carbocycles. The fraction of sp³-hybridized carbons (Fsp3) is 0.619. The minimum atomic E-state index is -3.14. The first-order chi connectivity index (χ1) is 14.7. The second-order valence-corrected chi connectivity index (χ2v) is 11.5. The zero-order chi connectivity index (χ0) is 22.1. The largest absolute Gasteiger partial charge is 0.369 e. The normalized spacial score (nSPS) is 34.5. The molecule has 0 aromatic heterocycles. The Bertz CT molecular complexity index is 997. The second-order valence-electron chi connectivity index (χ2n) is 9.77. The first-order valence-electron chi connectivity index (χ1n) is 10.7. The molecule has 1 aromatic rings. The third-order valence-corrected chi connectivity index (χ3v) is 9.48. The zero-order valence-corrected chi connectivity index (χ0v) is 19.3. The Hall–Kier alpha value is -1.51. The van der Waals surface area contributed by atoms with Crippen molar-refractivity contribution in [1.29, 1.82) is 0 Å². The number of hydrogen-bond donors (Lipinski definition) is 3. The average molecular weight is 486 g/mol. The lowest BCUT2D eigenvalue weighted by Gasteiger charge is -2.59. The molecular weight excluding hydrogens is 461 g/mol. The summed E-state index contributed by atoms with van der Waals surface area (Å²) in [6, 6.07) is 4.68. The lowest BCUT2D eigenvalue weighted by atomic mass is 9.47. The quantitative estimate of drug-likeness (QED) is 0.537. The molecule has 2 amide bonds. The molecule has 5 aliphatic rings. The Labute approximate surface area is 192 Å². The molecule has 5 fully saturated rings. The maximum atomic E-state index is 13.5. The lowest BCUT2D eigenvalue weighted by Crippen LogP contribution is -2.64. The molecular formula is C21H25Cl2N3O4S. The van der Waals surface area contributed by atoms with Crippen molar-refractivity contribution in [2.24, 2.45) is 28.9 Å². The third kappa shape index (κ3) is 3.25. The van der Waals surface area contributed by atoms with Crippen molar-refractivity contribution in [3.63, 3.8) is 0 Å². The molecule has 10 heteroatoms. The number of nitrogens with zero attached hydrogens (tertiary/aromatic N) is 1. The molecule has 0 saturated heterocycles. The number of anilines is 1. The topological polar surface area (TPSA) is 110 Å². The average Bonchev–Trinajstić information content (AvgIpc) is 3.48. The Morgan fingerprint density at radius 3 is 2.13 bits per heavy atom. The predicted octanol–water partition coefficient (Wildman–Crippen LogP) is 2.66. The molecule has 3 N–H and O–H groups in total. The molecule has 6 rings (SSSR count). The van der Waals surface area contributed by atoms with Crippen LogP contribution in [0.3, 0.4) is 0 Å². The van der Waals surface area contributed by atoms with Gasteiger partial charge in [0.2, 0.25) is 22.7 Å². The van der Waals surface area contributed by atoms with Gasteiger partial charge in [-0.25, -0.2) is 8.42 Å². The van der Waals surface area contributed by atoms with Crippen LogP contribution in [-0.4, -0.2) is 31.8 Å². The summed E-state index contributed by atoms with van der Waals surface area (Å²) in [5.41, 5.74) is 4.26. The summed E-state index contributed by atoms with van der Waals surface area (Å²) in [6.07, 6.45) is 5.00. The van der Waals surface area contributed by atoms with Crippen LogP contribution in [0.2, 0.25) is 10.0 Å². The van der Waals surface area contributed by atoms with E-state index in [9.17, 15) is 18.0 Å². The van der Waals surface area contributed by atoms with Gasteiger partial charge in [0.15, 0.2) is 0 Å². The third-order valence-electron chi connectivity index (χ3n) is 7.96. The van der Waals surface area contributed by atoms with E-state index in [1.54, 1.807) is 18.2 Å². The summed E-state index contributed by atoms with van der Waals surface area (Å²) in [6.45, 7) is 0. The fourth-order valence-electron chi connectivity index (χ4n) is 6.64. The van der Waals surface area contributed by atoms with Gasteiger partial charge in [0.1, 0.15) is 5.54 Å². The molecule has 5 aliphatic carbocycles. The smallest absolute Gasteiger partial charge is 0.247 e. The lowest BCUT2D eigenvalue weighted by molar-refractivity contribution is -0.147. The van der Waals surface area contributed by atoms with Crippen LogP contribution in [0.25, 0.3) is 0 Å². The first kappa shape index (κ1) is 21.3. The van der Waals surface area contributed by atoms with E-state index >= 15 is 0 Å². The highest BCUT2D eigenvalue weighted by atomic mass is 35.5. The van der Waals surface area contributed by atoms with Crippen molar-refractivity contribution < 1.29 is 18.0 Å². The van der Waals surface area contributed by atoms with Gasteiger partial charge in [-0.1, -0.05) is 29.3 Å². The minimum Gasteiger partial charge on any atom is -0.369 e. The van der Waals surface area contributed by atoms with E-state index in [1.807, 2.05) is 0 Å². The van der Waals surface area contributed by atoms with Crippen molar-refractivity contribution in [3.8, 4) is 0 Å². The molecule has 31 heavy (non-hydrogen) atoms. The summed E-state index contributed by atoms with van der Waals surface area (Å²) in [4.78, 5) is 25.6. The Morgan fingerprint density at radius 1 is 1.06 bits per heavy atom. The van der Waals surface area contributed by atoms with Crippen molar-refractivity contribution >= 4 is 51.6 Å². The maximum Gasteiger partial charge on any atom is 0.247 e. The number of para-hydroxylation sites is 1. The van der Waals surface area contributed by atoms with Gasteiger partial charge in [0, 0.05) is 11.5 Å². The molecule has 0 aliphatic heterocycles. The van der Waals surface area contributed by atoms with Crippen LogP contribution in [0.5, 0.6) is 0 Å². The van der Waals surface area contributed by atoms with Gasteiger partial charge in [-0.15, -0.1) is 0 Å². The fourth-order valence-corrected chi connectivity index (χ4v) is 8.31. The van der Waals surface area contributed by atoms with Crippen LogP contribution in [-0.2, 0) is 20.5 Å². The van der Waals surface area contributed by atoms with E-state index in [4.69, 9.17) is 28.9 Å². The summed E-state index contributed by atoms with van der Waals surface area (Å²) in [5.74, 6) is 0.322. The van der Waals surface area contributed by atoms with E-state index in [-0.39, 0.29) is 45.4 Å². The number of primary amides is 1. The van der Waals surface area contributed by atoms with Gasteiger partial charge in [0.25, 0.3) is 0 Å². The van der Waals surface area contributed by atoms with Crippen molar-refractivity contribution in [2.45, 2.75) is 56.5 Å². The molecule has 0 radical (unpaired) electrons. The monoisotopic (exact) mass is 485 g/mol. The predicted molar refractivity (Wildman–Crippen MR) is 118 cm³/mol. The molecule has 4 bridgehead atoms. The first-order valence-corrected chi connectivity index (χ1v) is 12.5. The Morgan fingerprint density at radius 2 is 1.65 bits per heavy atom. The van der Waals surface area contributed by atoms with Crippen LogP contribution < -0.4 is 15.4 Å². The van der Waals surface area contributed by atoms with Gasteiger partial charge in [-0.3, -0.25) is 13.9 Å². The zero-order valence-electron chi connectivity index (χ0n) is 16.9. The van der Waals surface area contributed by atoms with E-state index in [1.165, 1.54) is 0 Å². The van der Waals surface area contributed by atoms with E-state index in [0.29, 0.717) is 31.6 Å². The van der Waals surface area contributed by atoms with Gasteiger partial charge in [-0.2, -0.15) is 0 Å². The molecule has 2 atom stereocenters. The number of amides is 2. The Kier molecular flexibility index (Phi) is 4.99. The van der Waals surface area contributed by atoms with Crippen LogP contribution in [0.15, 0.2) is 18.2 Å². The number of hydrogen-bond acceptors (Lipinski definition) is 4. The number of benzene rings is 1. The Balaban J connectivity index is 1.41. The van der Waals surface area contributed by atoms with Crippen LogP contribution in [0.4, 0.5) is 5.69 Å². The standard InChI is InChI=1S/C21H25Cl2N3O4S/c22-14-2-1-3-15(23)17(14)26(31(29)30)21(4-5-21)19(28)25-16-12-6-11-7-13(16)10-20(8-11,9-12)18(24)27/h1-3,11-13,16,31H,4-10H2,(H2,24,27)(H,25,28). The number of nitrogens with one attached hydrogen (secondary N) is 1. The van der Waals surface area contributed by atoms with E-state index in [2.05, 4.69) is 5.32 Å². The molecule has 2 unspecified atom stereocenters. The number of halogens is 2. The molecule has 7 nitrogen and oxygen atoms in total. The number of nitrogens with two attached hydrogens (primary N) is 1. The van der Waals surface area contributed by atoms with Crippen LogP contribution >= 0.6 is 23.2 Å². The van der Waals surface area contributed by atoms with Crippen molar-refractivity contribution in [2.75, 3.05) is 4.31 Å². The highest BCUT2D eigenvalue weighted by molar-refractivity contribution is 7.74. The molecule has 0 spiro atoms. The van der Waals surface area contributed by atoms with E-state index < -0.39 is 21.8 Å². The summed E-state index contributed by atoms with van der Waals surface area (Å²) in [7, 11) is -3.14. The number of carbonyl (C=O) groups is 2. The maximum absolute atomic E-state index is 13.5. The van der Waals surface area contributed by atoms with Gasteiger partial charge < -0.3 is 11.1 Å². The van der Waals surface area contributed by atoms with Crippen molar-refractivity contribution in [1.82, 2.24) is 5.32 Å². The van der Waals surface area contributed by atoms with Crippen LogP contribution in [0, 0.1) is 23.2 Å². The number of carbonyl (C=O) groups excluding carboxylic acids is 2. The van der Waals surface area contributed by atoms with E-state index in [0.717, 1.165) is 23.6 Å². The molecule has 0 heterocycles. The summed E-state index contributed by atoms with van der Waals surface area (Å²) < 4.78 is 25.6. The minimum absolute atomic E-state index is 0.0675. The second kappa shape index (κ2) is 7.25. The van der Waals surface area contributed by atoms with Crippen molar-refractivity contribution in [3.05, 3.63) is 28.2 Å². The summed E-state index contributed by atoms with van der Waals surface area (Å²) >= 11 is 12.5. The SMILES string of the molecule is NC(=O)C12CC3CC(C1)C(NC(=O)C1(N(c4c(Cl)cccc4Cl)[SH](=O)=O)CC1)C(C3)C2. The number of rotatable bonds is 6. The highest BCUT2D eigenvalue weighted by Gasteiger charge is 2.61. The molecule has 5 saturated carbocycles. The highest BCUT2D eigenvalue weighted by Crippen LogP contribution is 2.60. The molecule has 168 valence electrons. The van der Waals surface area contributed by atoms with Crippen LogP contribution in [0.1, 0.15) is 44.9 Å². The summed E-state index contributed by atoms with van der Waals surface area (Å²) in [5, 5.41) is 3.55. The van der Waals surface area contributed by atoms with Gasteiger partial charge >= 0.3 is 0 Å².